The van der Waals surface area contributed by atoms with Gasteiger partial charge in [0.05, 0.1) is 7.11 Å². The van der Waals surface area contributed by atoms with Crippen LogP contribution in [0.2, 0.25) is 0 Å². The molecule has 2 aromatic rings. The highest BCUT2D eigenvalue weighted by Gasteiger charge is 2.36. The first-order valence-electron chi connectivity index (χ1n) is 10.2. The van der Waals surface area contributed by atoms with Crippen molar-refractivity contribution >= 4 is 0 Å². The number of hydrogen-bond acceptors (Lipinski definition) is 4. The van der Waals surface area contributed by atoms with Crippen molar-refractivity contribution < 1.29 is 9.84 Å². The Morgan fingerprint density at radius 3 is 2.54 bits per heavy atom. The minimum absolute atomic E-state index is 0.0991. The van der Waals surface area contributed by atoms with E-state index in [2.05, 4.69) is 79.9 Å². The molecule has 0 bridgehead atoms. The normalized spacial score (nSPS) is 22.4. The van der Waals surface area contributed by atoms with Gasteiger partial charge < -0.3 is 20.5 Å². The lowest BCUT2D eigenvalue weighted by molar-refractivity contribution is 0.243. The molecule has 0 spiro atoms. The highest BCUT2D eigenvalue weighted by atomic mass is 16.5. The van der Waals surface area contributed by atoms with E-state index in [0.717, 1.165) is 25.3 Å². The standard InChI is InChI=1S/C24H34N2O2/c1-24(2,3)20-10-11-21(28-4)19(14-20)16-26-23-18(12-13-27)15-25-22(23)17-8-6-5-7-9-17/h5-11,14,18,22-23,25-27H,12-13,15-16H2,1-4H3/t18-,22-,23-/m0/s1. The Hall–Kier alpha value is -1.88. The van der Waals surface area contributed by atoms with Gasteiger partial charge >= 0.3 is 0 Å². The summed E-state index contributed by atoms with van der Waals surface area (Å²) in [4.78, 5) is 0. The van der Waals surface area contributed by atoms with Gasteiger partial charge in [0.1, 0.15) is 5.75 Å². The van der Waals surface area contributed by atoms with E-state index in [4.69, 9.17) is 4.74 Å². The largest absolute Gasteiger partial charge is 0.496 e. The van der Waals surface area contributed by atoms with Crippen molar-refractivity contribution in [2.45, 2.75) is 51.2 Å². The number of aliphatic hydroxyl groups is 1. The third-order valence-corrected chi connectivity index (χ3v) is 5.80. The lowest BCUT2D eigenvalue weighted by atomic mass is 9.86. The smallest absolute Gasteiger partial charge is 0.123 e. The number of rotatable bonds is 7. The van der Waals surface area contributed by atoms with Crippen LogP contribution in [0.3, 0.4) is 0 Å². The molecule has 0 radical (unpaired) electrons. The van der Waals surface area contributed by atoms with E-state index in [1.54, 1.807) is 7.11 Å². The van der Waals surface area contributed by atoms with Crippen LogP contribution < -0.4 is 15.4 Å². The summed E-state index contributed by atoms with van der Waals surface area (Å²) in [5.74, 6) is 1.31. The molecule has 2 aromatic carbocycles. The molecule has 1 saturated heterocycles. The molecule has 28 heavy (non-hydrogen) atoms. The Morgan fingerprint density at radius 1 is 1.14 bits per heavy atom. The molecule has 0 unspecified atom stereocenters. The molecule has 4 nitrogen and oxygen atoms in total. The van der Waals surface area contributed by atoms with Crippen LogP contribution in [0.25, 0.3) is 0 Å². The fourth-order valence-corrected chi connectivity index (χ4v) is 4.13. The highest BCUT2D eigenvalue weighted by Crippen LogP contribution is 2.32. The second kappa shape index (κ2) is 9.08. The van der Waals surface area contributed by atoms with Crippen LogP contribution >= 0.6 is 0 Å². The number of benzene rings is 2. The van der Waals surface area contributed by atoms with Crippen LogP contribution in [0, 0.1) is 5.92 Å². The first-order valence-corrected chi connectivity index (χ1v) is 10.2. The SMILES string of the molecule is COc1ccc(C(C)(C)C)cc1CN[C@H]1[C@@H](CCO)CN[C@H]1c1ccccc1. The molecule has 4 heteroatoms. The van der Waals surface area contributed by atoms with Gasteiger partial charge in [0.15, 0.2) is 0 Å². The predicted octanol–water partition coefficient (Wildman–Crippen LogP) is 3.79. The van der Waals surface area contributed by atoms with Gasteiger partial charge in [-0.25, -0.2) is 0 Å². The molecule has 1 heterocycles. The molecule has 1 aliphatic rings. The maximum absolute atomic E-state index is 9.52. The Labute approximate surface area is 169 Å². The van der Waals surface area contributed by atoms with Crippen molar-refractivity contribution in [3.8, 4) is 5.75 Å². The zero-order valence-electron chi connectivity index (χ0n) is 17.5. The van der Waals surface area contributed by atoms with Gasteiger partial charge in [-0.1, -0.05) is 63.2 Å². The summed E-state index contributed by atoms with van der Waals surface area (Å²) in [5, 5.41) is 17.0. The summed E-state index contributed by atoms with van der Waals surface area (Å²) in [6.45, 7) is 8.57. The summed E-state index contributed by atoms with van der Waals surface area (Å²) in [6, 6.07) is 17.6. The Kier molecular flexibility index (Phi) is 6.76. The van der Waals surface area contributed by atoms with E-state index in [1.807, 2.05) is 0 Å². The lowest BCUT2D eigenvalue weighted by Gasteiger charge is -2.27. The first kappa shape index (κ1) is 20.8. The summed E-state index contributed by atoms with van der Waals surface area (Å²) < 4.78 is 5.62. The molecule has 3 atom stereocenters. The topological polar surface area (TPSA) is 53.5 Å². The van der Waals surface area contributed by atoms with Crippen LogP contribution in [0.1, 0.15) is 49.9 Å². The molecule has 0 aliphatic carbocycles. The van der Waals surface area contributed by atoms with Gasteiger partial charge in [-0.2, -0.15) is 0 Å². The van der Waals surface area contributed by atoms with Crippen molar-refractivity contribution in [1.82, 2.24) is 10.6 Å². The van der Waals surface area contributed by atoms with Crippen LogP contribution in [0.4, 0.5) is 0 Å². The molecule has 3 rings (SSSR count). The third kappa shape index (κ3) is 4.75. The van der Waals surface area contributed by atoms with Crippen molar-refractivity contribution in [1.29, 1.82) is 0 Å². The first-order chi connectivity index (χ1) is 13.4. The van der Waals surface area contributed by atoms with Crippen molar-refractivity contribution in [2.24, 2.45) is 5.92 Å². The molecule has 1 fully saturated rings. The molecular formula is C24H34N2O2. The maximum atomic E-state index is 9.52. The number of ether oxygens (including phenoxy) is 1. The van der Waals surface area contributed by atoms with E-state index >= 15 is 0 Å². The predicted molar refractivity (Wildman–Crippen MR) is 115 cm³/mol. The molecule has 152 valence electrons. The average Bonchev–Trinajstić information content (AvgIpc) is 3.09. The number of methoxy groups -OCH3 is 1. The minimum atomic E-state index is 0.0991. The zero-order chi connectivity index (χ0) is 20.1. The highest BCUT2D eigenvalue weighted by molar-refractivity contribution is 5.40. The second-order valence-corrected chi connectivity index (χ2v) is 8.75. The fourth-order valence-electron chi connectivity index (χ4n) is 4.13. The maximum Gasteiger partial charge on any atom is 0.123 e. The van der Waals surface area contributed by atoms with E-state index < -0.39 is 0 Å². The average molecular weight is 383 g/mol. The second-order valence-electron chi connectivity index (χ2n) is 8.75. The van der Waals surface area contributed by atoms with E-state index in [1.165, 1.54) is 16.7 Å². The summed E-state index contributed by atoms with van der Waals surface area (Å²) in [6.07, 6.45) is 0.799. The third-order valence-electron chi connectivity index (χ3n) is 5.80. The van der Waals surface area contributed by atoms with Gasteiger partial charge in [-0.15, -0.1) is 0 Å². The molecule has 3 N–H and O–H groups in total. The van der Waals surface area contributed by atoms with Crippen LogP contribution in [0.15, 0.2) is 48.5 Å². The fraction of sp³-hybridized carbons (Fsp3) is 0.500. The Morgan fingerprint density at radius 2 is 1.89 bits per heavy atom. The van der Waals surface area contributed by atoms with Crippen LogP contribution in [-0.4, -0.2) is 31.4 Å². The monoisotopic (exact) mass is 382 g/mol. The summed E-state index contributed by atoms with van der Waals surface area (Å²) >= 11 is 0. The molecule has 0 saturated carbocycles. The molecular weight excluding hydrogens is 348 g/mol. The summed E-state index contributed by atoms with van der Waals surface area (Å²) in [7, 11) is 1.73. The van der Waals surface area contributed by atoms with Gasteiger partial charge in [-0.05, 0) is 34.9 Å². The van der Waals surface area contributed by atoms with Crippen molar-refractivity contribution in [2.75, 3.05) is 20.3 Å². The van der Waals surface area contributed by atoms with E-state index in [9.17, 15) is 5.11 Å². The van der Waals surface area contributed by atoms with Gasteiger partial charge in [0.2, 0.25) is 0 Å². The van der Waals surface area contributed by atoms with Crippen LogP contribution in [-0.2, 0) is 12.0 Å². The van der Waals surface area contributed by atoms with Crippen LogP contribution in [0.5, 0.6) is 5.75 Å². The zero-order valence-corrected chi connectivity index (χ0v) is 17.5. The van der Waals surface area contributed by atoms with Gasteiger partial charge in [-0.3, -0.25) is 0 Å². The van der Waals surface area contributed by atoms with Gasteiger partial charge in [0, 0.05) is 37.3 Å². The number of aliphatic hydroxyl groups excluding tert-OH is 1. The Bertz CT molecular complexity index is 755. The Balaban J connectivity index is 1.81. The number of hydrogen-bond donors (Lipinski definition) is 3. The van der Waals surface area contributed by atoms with E-state index in [0.29, 0.717) is 5.92 Å². The van der Waals surface area contributed by atoms with Crippen molar-refractivity contribution in [3.05, 3.63) is 65.2 Å². The van der Waals surface area contributed by atoms with Crippen molar-refractivity contribution in [3.63, 3.8) is 0 Å². The molecule has 1 aliphatic heterocycles. The minimum Gasteiger partial charge on any atom is -0.496 e. The summed E-state index contributed by atoms with van der Waals surface area (Å²) in [5.41, 5.74) is 3.87. The van der Waals surface area contributed by atoms with Gasteiger partial charge in [0.25, 0.3) is 0 Å². The number of nitrogens with one attached hydrogen (secondary N) is 2. The molecule has 0 aromatic heterocycles. The lowest BCUT2D eigenvalue weighted by Crippen LogP contribution is -2.38. The molecule has 0 amide bonds. The van der Waals surface area contributed by atoms with E-state index in [-0.39, 0.29) is 24.1 Å². The quantitative estimate of drug-likeness (QED) is 0.682.